The van der Waals surface area contributed by atoms with E-state index in [0.717, 1.165) is 49.3 Å². The normalized spacial score (nSPS) is 16.9. The summed E-state index contributed by atoms with van der Waals surface area (Å²) < 4.78 is 0. The fourth-order valence-corrected chi connectivity index (χ4v) is 7.40. The van der Waals surface area contributed by atoms with E-state index in [-0.39, 0.29) is 55.2 Å². The third-order valence-electron chi connectivity index (χ3n) is 10.2. The zero-order chi connectivity index (χ0) is 34.1. The van der Waals surface area contributed by atoms with Gasteiger partial charge in [0, 0.05) is 67.9 Å². The Balaban J connectivity index is 0.00000243. The van der Waals surface area contributed by atoms with Gasteiger partial charge in [0.2, 0.25) is 0 Å². The molecule has 1 unspecified atom stereocenters. The standard InChI is InChI=1S/C39H45ClN6O3.3ClH/c40-33-12-10-32(11-13-33)39(49)19-27-45(28-20-39)24-6-18-38(31-7-2-1-3-8-31,35-9-4-5-21-42-35)29-43-37(48)44-34-16-25-46(26-17-34)36(47)30-14-22-41-23-15-30;;;/h1-5,7-15,21-23,34,49H,6,16-20,24-29H2,(H2,43,44,48);3*1H. The Labute approximate surface area is 330 Å². The molecule has 4 heterocycles. The second-order valence-electron chi connectivity index (χ2n) is 13.3. The van der Waals surface area contributed by atoms with Crippen LogP contribution in [0.3, 0.4) is 0 Å². The van der Waals surface area contributed by atoms with Crippen molar-refractivity contribution in [1.82, 2.24) is 30.4 Å². The Kier molecular flexibility index (Phi) is 16.6. The smallest absolute Gasteiger partial charge is 0.315 e. The van der Waals surface area contributed by atoms with E-state index < -0.39 is 11.0 Å². The molecule has 0 radical (unpaired) electrons. The van der Waals surface area contributed by atoms with Crippen LogP contribution in [-0.4, -0.2) is 82.1 Å². The lowest BCUT2D eigenvalue weighted by molar-refractivity contribution is -0.0262. The summed E-state index contributed by atoms with van der Waals surface area (Å²) in [5.74, 6) is -0.00454. The molecule has 280 valence electrons. The first kappa shape index (κ1) is 43.0. The number of hydrogen-bond acceptors (Lipinski definition) is 6. The van der Waals surface area contributed by atoms with Gasteiger partial charge in [-0.25, -0.2) is 4.79 Å². The lowest BCUT2D eigenvalue weighted by Gasteiger charge is -2.39. The third-order valence-corrected chi connectivity index (χ3v) is 10.5. The maximum atomic E-state index is 13.4. The second kappa shape index (κ2) is 20.1. The van der Waals surface area contributed by atoms with Gasteiger partial charge in [0.1, 0.15) is 0 Å². The molecule has 52 heavy (non-hydrogen) atoms. The molecule has 3 amide bonds. The molecule has 0 saturated carbocycles. The maximum absolute atomic E-state index is 13.4. The van der Waals surface area contributed by atoms with E-state index in [9.17, 15) is 14.7 Å². The van der Waals surface area contributed by atoms with Gasteiger partial charge in [-0.3, -0.25) is 14.8 Å². The molecule has 2 aliphatic heterocycles. The molecule has 6 rings (SSSR count). The lowest BCUT2D eigenvalue weighted by Crippen LogP contribution is -2.51. The van der Waals surface area contributed by atoms with Gasteiger partial charge in [0.05, 0.1) is 16.7 Å². The van der Waals surface area contributed by atoms with Crippen molar-refractivity contribution in [1.29, 1.82) is 0 Å². The number of nitrogens with one attached hydrogen (secondary N) is 2. The molecule has 2 aromatic carbocycles. The predicted molar refractivity (Wildman–Crippen MR) is 213 cm³/mol. The number of piperidine rings is 2. The molecule has 2 fully saturated rings. The zero-order valence-electron chi connectivity index (χ0n) is 29.0. The minimum absolute atomic E-state index is 0. The molecule has 2 aromatic heterocycles. The SMILES string of the molecule is Cl.Cl.Cl.O=C(NCC(CCCN1CCC(O)(c2ccc(Cl)cc2)CC1)(c1ccccc1)c1ccccn1)NC1CCN(C(=O)c2ccncc2)CC1. The minimum atomic E-state index is -0.841. The Morgan fingerprint density at radius 3 is 2.13 bits per heavy atom. The molecule has 13 heteroatoms. The number of carbonyl (C=O) groups excluding carboxylic acids is 2. The van der Waals surface area contributed by atoms with Crippen LogP contribution in [0.4, 0.5) is 4.79 Å². The van der Waals surface area contributed by atoms with Crippen LogP contribution in [0.1, 0.15) is 65.7 Å². The summed E-state index contributed by atoms with van der Waals surface area (Å²) in [4.78, 5) is 39.4. The first-order valence-electron chi connectivity index (χ1n) is 17.3. The van der Waals surface area contributed by atoms with Crippen molar-refractivity contribution in [3.63, 3.8) is 0 Å². The van der Waals surface area contributed by atoms with Crippen LogP contribution in [0, 0.1) is 0 Å². The van der Waals surface area contributed by atoms with Crippen molar-refractivity contribution in [3.8, 4) is 0 Å². The fraction of sp³-hybridized carbons (Fsp3) is 0.385. The van der Waals surface area contributed by atoms with E-state index in [4.69, 9.17) is 16.6 Å². The summed E-state index contributed by atoms with van der Waals surface area (Å²) in [7, 11) is 0. The molecule has 2 aliphatic rings. The summed E-state index contributed by atoms with van der Waals surface area (Å²) in [5.41, 5.74) is 2.19. The highest BCUT2D eigenvalue weighted by Gasteiger charge is 2.38. The lowest BCUT2D eigenvalue weighted by atomic mass is 9.73. The third kappa shape index (κ3) is 10.6. The Morgan fingerprint density at radius 2 is 1.50 bits per heavy atom. The van der Waals surface area contributed by atoms with Gasteiger partial charge in [0.25, 0.3) is 5.91 Å². The number of nitrogens with zero attached hydrogens (tertiary/aromatic N) is 4. The van der Waals surface area contributed by atoms with Crippen LogP contribution in [0.5, 0.6) is 0 Å². The Morgan fingerprint density at radius 1 is 0.846 bits per heavy atom. The number of rotatable bonds is 11. The van der Waals surface area contributed by atoms with Gasteiger partial charge in [-0.2, -0.15) is 0 Å². The average Bonchev–Trinajstić information content (AvgIpc) is 3.15. The van der Waals surface area contributed by atoms with Crippen LogP contribution in [-0.2, 0) is 11.0 Å². The van der Waals surface area contributed by atoms with Gasteiger partial charge >= 0.3 is 6.03 Å². The number of aliphatic hydroxyl groups is 1. The minimum Gasteiger partial charge on any atom is -0.385 e. The summed E-state index contributed by atoms with van der Waals surface area (Å²) in [6, 6.07) is 27.1. The van der Waals surface area contributed by atoms with Crippen molar-refractivity contribution in [2.45, 2.75) is 55.6 Å². The van der Waals surface area contributed by atoms with Crippen molar-refractivity contribution in [2.75, 3.05) is 39.3 Å². The predicted octanol–water partition coefficient (Wildman–Crippen LogP) is 7.05. The number of likely N-dealkylation sites (tertiary alicyclic amines) is 2. The second-order valence-corrected chi connectivity index (χ2v) is 13.7. The fourth-order valence-electron chi connectivity index (χ4n) is 7.28. The monoisotopic (exact) mass is 788 g/mol. The highest BCUT2D eigenvalue weighted by Crippen LogP contribution is 2.37. The summed E-state index contributed by atoms with van der Waals surface area (Å²) in [6.45, 7) is 4.03. The molecule has 0 spiro atoms. The summed E-state index contributed by atoms with van der Waals surface area (Å²) in [5, 5.41) is 18.4. The van der Waals surface area contributed by atoms with Crippen molar-refractivity contribution in [2.24, 2.45) is 0 Å². The number of carbonyl (C=O) groups is 2. The van der Waals surface area contributed by atoms with Gasteiger partial charge in [-0.05, 0) is 92.6 Å². The van der Waals surface area contributed by atoms with Crippen LogP contribution in [0.2, 0.25) is 5.02 Å². The van der Waals surface area contributed by atoms with Crippen LogP contribution < -0.4 is 10.6 Å². The Hall–Kier alpha value is -3.44. The number of amides is 3. The van der Waals surface area contributed by atoms with Crippen LogP contribution in [0.15, 0.2) is 104 Å². The average molecular weight is 791 g/mol. The van der Waals surface area contributed by atoms with E-state index in [2.05, 4.69) is 38.7 Å². The van der Waals surface area contributed by atoms with Crippen LogP contribution in [0.25, 0.3) is 0 Å². The van der Waals surface area contributed by atoms with Gasteiger partial charge < -0.3 is 25.5 Å². The zero-order valence-corrected chi connectivity index (χ0v) is 32.2. The molecule has 4 aromatic rings. The molecule has 0 bridgehead atoms. The Bertz CT molecular complexity index is 1620. The van der Waals surface area contributed by atoms with Crippen LogP contribution >= 0.6 is 48.8 Å². The van der Waals surface area contributed by atoms with Crippen molar-refractivity contribution < 1.29 is 14.7 Å². The number of halogens is 4. The van der Waals surface area contributed by atoms with Crippen molar-refractivity contribution >= 4 is 60.8 Å². The molecule has 1 atom stereocenters. The number of hydrogen-bond donors (Lipinski definition) is 3. The number of benzene rings is 2. The van der Waals surface area contributed by atoms with E-state index in [1.54, 1.807) is 24.5 Å². The van der Waals surface area contributed by atoms with Crippen molar-refractivity contribution in [3.05, 3.63) is 131 Å². The first-order chi connectivity index (χ1) is 23.8. The number of urea groups is 1. The number of aromatic nitrogens is 2. The van der Waals surface area contributed by atoms with E-state index in [0.29, 0.717) is 55.9 Å². The molecule has 0 aliphatic carbocycles. The first-order valence-corrected chi connectivity index (χ1v) is 17.6. The van der Waals surface area contributed by atoms with Gasteiger partial charge in [-0.1, -0.05) is 60.1 Å². The summed E-state index contributed by atoms with van der Waals surface area (Å²) in [6.07, 6.45) is 9.45. The molecule has 2 saturated heterocycles. The van der Waals surface area contributed by atoms with Gasteiger partial charge in [0.15, 0.2) is 0 Å². The topological polar surface area (TPSA) is 111 Å². The molecular formula is C39H48Cl4N6O3. The van der Waals surface area contributed by atoms with E-state index in [1.165, 1.54) is 0 Å². The highest BCUT2D eigenvalue weighted by atomic mass is 35.5. The quantitative estimate of drug-likeness (QED) is 0.150. The molecular weight excluding hydrogens is 742 g/mol. The van der Waals surface area contributed by atoms with Gasteiger partial charge in [-0.15, -0.1) is 37.2 Å². The number of pyridine rings is 2. The summed E-state index contributed by atoms with van der Waals surface area (Å²) >= 11 is 6.08. The maximum Gasteiger partial charge on any atom is 0.315 e. The van der Waals surface area contributed by atoms with E-state index in [1.807, 2.05) is 65.7 Å². The largest absolute Gasteiger partial charge is 0.385 e. The highest BCUT2D eigenvalue weighted by molar-refractivity contribution is 6.30. The molecule has 3 N–H and O–H groups in total. The molecule has 9 nitrogen and oxygen atoms in total. The van der Waals surface area contributed by atoms with E-state index >= 15 is 0 Å².